The van der Waals surface area contributed by atoms with Crippen LogP contribution in [0.5, 0.6) is 5.75 Å². The van der Waals surface area contributed by atoms with Gasteiger partial charge in [-0.15, -0.1) is 11.6 Å². The molecule has 1 aromatic rings. The minimum absolute atomic E-state index is 0.461. The summed E-state index contributed by atoms with van der Waals surface area (Å²) in [7, 11) is 2.88. The summed E-state index contributed by atoms with van der Waals surface area (Å²) in [5, 5.41) is -0.758. The summed E-state index contributed by atoms with van der Waals surface area (Å²) < 4.78 is 9.50. The predicted molar refractivity (Wildman–Crippen MR) is 53.6 cm³/mol. The number of ether oxygens (including phenoxy) is 2. The average Bonchev–Trinajstić information content (AvgIpc) is 2.27. The van der Waals surface area contributed by atoms with Gasteiger partial charge in [0, 0.05) is 0 Å². The Morgan fingerprint density at radius 1 is 1.29 bits per heavy atom. The molecule has 0 aliphatic rings. The number of esters is 1. The zero-order chi connectivity index (χ0) is 10.6. The van der Waals surface area contributed by atoms with Gasteiger partial charge in [0.25, 0.3) is 0 Å². The molecule has 3 nitrogen and oxygen atoms in total. The number of alkyl halides is 1. The van der Waals surface area contributed by atoms with Gasteiger partial charge in [0.15, 0.2) is 5.38 Å². The second kappa shape index (κ2) is 4.86. The maximum Gasteiger partial charge on any atom is 0.328 e. The van der Waals surface area contributed by atoms with Crippen LogP contribution in [0.1, 0.15) is 10.9 Å². The molecular weight excluding hydrogens is 204 g/mol. The van der Waals surface area contributed by atoms with Gasteiger partial charge in [-0.05, 0) is 17.7 Å². The normalized spacial score (nSPS) is 11.9. The van der Waals surface area contributed by atoms with E-state index in [-0.39, 0.29) is 0 Å². The van der Waals surface area contributed by atoms with Crippen LogP contribution in [-0.4, -0.2) is 20.2 Å². The highest BCUT2D eigenvalue weighted by molar-refractivity contribution is 6.29. The minimum atomic E-state index is -0.758. The molecule has 0 N–H and O–H groups in total. The minimum Gasteiger partial charge on any atom is -0.497 e. The fourth-order valence-electron chi connectivity index (χ4n) is 1.01. The van der Waals surface area contributed by atoms with Crippen molar-refractivity contribution in [2.24, 2.45) is 0 Å². The molecule has 0 amide bonds. The second-order valence-electron chi connectivity index (χ2n) is 2.66. The molecule has 0 saturated carbocycles. The largest absolute Gasteiger partial charge is 0.497 e. The maximum absolute atomic E-state index is 11.1. The molecule has 1 rings (SSSR count). The summed E-state index contributed by atoms with van der Waals surface area (Å²) >= 11 is 5.84. The molecule has 0 aliphatic heterocycles. The molecule has 0 heterocycles. The van der Waals surface area contributed by atoms with E-state index in [0.29, 0.717) is 5.56 Å². The molecule has 0 spiro atoms. The molecule has 14 heavy (non-hydrogen) atoms. The molecule has 0 radical (unpaired) electrons. The zero-order valence-corrected chi connectivity index (χ0v) is 8.75. The van der Waals surface area contributed by atoms with E-state index in [2.05, 4.69) is 4.74 Å². The van der Waals surface area contributed by atoms with Crippen molar-refractivity contribution in [3.05, 3.63) is 29.8 Å². The third-order valence-electron chi connectivity index (χ3n) is 1.82. The van der Waals surface area contributed by atoms with E-state index in [1.807, 2.05) is 0 Å². The van der Waals surface area contributed by atoms with Gasteiger partial charge in [0.05, 0.1) is 14.2 Å². The van der Waals surface area contributed by atoms with Crippen LogP contribution in [0.2, 0.25) is 0 Å². The maximum atomic E-state index is 11.1. The van der Waals surface area contributed by atoms with Crippen molar-refractivity contribution in [2.75, 3.05) is 14.2 Å². The van der Waals surface area contributed by atoms with E-state index in [4.69, 9.17) is 16.3 Å². The Balaban J connectivity index is 2.81. The van der Waals surface area contributed by atoms with E-state index in [1.54, 1.807) is 31.4 Å². The van der Waals surface area contributed by atoms with Gasteiger partial charge in [0.1, 0.15) is 5.75 Å². The van der Waals surface area contributed by atoms with E-state index >= 15 is 0 Å². The summed E-state index contributed by atoms with van der Waals surface area (Å²) in [5.41, 5.74) is 0.694. The number of hydrogen-bond acceptors (Lipinski definition) is 3. The number of carbonyl (C=O) groups excluding carboxylic acids is 1. The molecule has 0 unspecified atom stereocenters. The van der Waals surface area contributed by atoms with Crippen molar-refractivity contribution in [1.29, 1.82) is 0 Å². The monoisotopic (exact) mass is 214 g/mol. The van der Waals surface area contributed by atoms with Gasteiger partial charge in [-0.3, -0.25) is 4.79 Å². The summed E-state index contributed by atoms with van der Waals surface area (Å²) in [6, 6.07) is 6.95. The fourth-order valence-corrected chi connectivity index (χ4v) is 1.25. The van der Waals surface area contributed by atoms with Crippen molar-refractivity contribution >= 4 is 17.6 Å². The Morgan fingerprint density at radius 2 is 1.86 bits per heavy atom. The molecule has 0 aromatic heterocycles. The van der Waals surface area contributed by atoms with Crippen LogP contribution in [0.4, 0.5) is 0 Å². The summed E-state index contributed by atoms with van der Waals surface area (Å²) in [5.74, 6) is 0.263. The van der Waals surface area contributed by atoms with Gasteiger partial charge in [-0.1, -0.05) is 12.1 Å². The Hall–Kier alpha value is -1.22. The highest BCUT2D eigenvalue weighted by Gasteiger charge is 2.17. The Labute approximate surface area is 87.6 Å². The van der Waals surface area contributed by atoms with E-state index in [1.165, 1.54) is 7.11 Å². The number of hydrogen-bond donors (Lipinski definition) is 0. The zero-order valence-electron chi connectivity index (χ0n) is 7.99. The van der Waals surface area contributed by atoms with Crippen molar-refractivity contribution in [1.82, 2.24) is 0 Å². The summed E-state index contributed by atoms with van der Waals surface area (Å²) in [6.07, 6.45) is 0. The van der Waals surface area contributed by atoms with Crippen LogP contribution < -0.4 is 4.74 Å². The first kappa shape index (κ1) is 10.9. The molecular formula is C10H11ClO3. The Kier molecular flexibility index (Phi) is 3.77. The molecule has 76 valence electrons. The molecule has 0 aliphatic carbocycles. The number of halogens is 1. The highest BCUT2D eigenvalue weighted by Crippen LogP contribution is 2.23. The van der Waals surface area contributed by atoms with Gasteiger partial charge >= 0.3 is 5.97 Å². The van der Waals surface area contributed by atoms with E-state index < -0.39 is 11.3 Å². The number of methoxy groups -OCH3 is 2. The number of carbonyl (C=O) groups is 1. The quantitative estimate of drug-likeness (QED) is 0.571. The summed E-state index contributed by atoms with van der Waals surface area (Å²) in [4.78, 5) is 11.1. The lowest BCUT2D eigenvalue weighted by Crippen LogP contribution is -2.08. The van der Waals surface area contributed by atoms with E-state index in [0.717, 1.165) is 5.75 Å². The molecule has 1 atom stereocenters. The third kappa shape index (κ3) is 2.39. The lowest BCUT2D eigenvalue weighted by molar-refractivity contribution is -0.140. The van der Waals surface area contributed by atoms with E-state index in [9.17, 15) is 4.79 Å². The lowest BCUT2D eigenvalue weighted by atomic mass is 10.1. The predicted octanol–water partition coefficient (Wildman–Crippen LogP) is 2.15. The van der Waals surface area contributed by atoms with Gasteiger partial charge in [0.2, 0.25) is 0 Å². The lowest BCUT2D eigenvalue weighted by Gasteiger charge is -2.07. The summed E-state index contributed by atoms with van der Waals surface area (Å²) in [6.45, 7) is 0. The van der Waals surface area contributed by atoms with Gasteiger partial charge in [-0.25, -0.2) is 0 Å². The Bertz CT molecular complexity index is 308. The van der Waals surface area contributed by atoms with Crippen molar-refractivity contribution in [2.45, 2.75) is 5.38 Å². The van der Waals surface area contributed by atoms with Crippen LogP contribution in [0.25, 0.3) is 0 Å². The third-order valence-corrected chi connectivity index (χ3v) is 2.25. The van der Waals surface area contributed by atoms with Crippen molar-refractivity contribution in [3.8, 4) is 5.75 Å². The second-order valence-corrected chi connectivity index (χ2v) is 3.10. The van der Waals surface area contributed by atoms with Crippen molar-refractivity contribution in [3.63, 3.8) is 0 Å². The van der Waals surface area contributed by atoms with Crippen LogP contribution >= 0.6 is 11.6 Å². The van der Waals surface area contributed by atoms with Crippen LogP contribution in [0, 0.1) is 0 Å². The highest BCUT2D eigenvalue weighted by atomic mass is 35.5. The molecule has 0 fully saturated rings. The number of benzene rings is 1. The molecule has 1 aromatic carbocycles. The molecule has 4 heteroatoms. The first-order valence-electron chi connectivity index (χ1n) is 4.05. The first-order valence-corrected chi connectivity index (χ1v) is 4.48. The van der Waals surface area contributed by atoms with Gasteiger partial charge in [-0.2, -0.15) is 0 Å². The molecule has 0 saturated heterocycles. The average molecular weight is 215 g/mol. The molecule has 0 bridgehead atoms. The SMILES string of the molecule is COC(=O)[C@@H](Cl)c1ccc(OC)cc1. The van der Waals surface area contributed by atoms with Crippen LogP contribution in [0.3, 0.4) is 0 Å². The number of rotatable bonds is 3. The van der Waals surface area contributed by atoms with Gasteiger partial charge < -0.3 is 9.47 Å². The van der Waals surface area contributed by atoms with Crippen molar-refractivity contribution < 1.29 is 14.3 Å². The van der Waals surface area contributed by atoms with Crippen LogP contribution in [-0.2, 0) is 9.53 Å². The smallest absolute Gasteiger partial charge is 0.328 e. The van der Waals surface area contributed by atoms with Crippen LogP contribution in [0.15, 0.2) is 24.3 Å². The standard InChI is InChI=1S/C10H11ClO3/c1-13-8-5-3-7(4-6-8)9(11)10(12)14-2/h3-6,9H,1-2H3/t9-/m0/s1. The Morgan fingerprint density at radius 3 is 2.29 bits per heavy atom. The first-order chi connectivity index (χ1) is 6.69. The fraction of sp³-hybridized carbons (Fsp3) is 0.300. The topological polar surface area (TPSA) is 35.5 Å².